The van der Waals surface area contributed by atoms with Crippen LogP contribution in [0.25, 0.3) is 10.6 Å². The van der Waals surface area contributed by atoms with Crippen LogP contribution in [0.4, 0.5) is 0 Å². The van der Waals surface area contributed by atoms with Gasteiger partial charge in [-0.25, -0.2) is 0 Å². The van der Waals surface area contributed by atoms with E-state index >= 15 is 0 Å². The first kappa shape index (κ1) is 21.5. The van der Waals surface area contributed by atoms with Crippen LogP contribution in [0.2, 0.25) is 0 Å². The number of nitrogens with zero attached hydrogens (tertiary/aromatic N) is 2. The van der Waals surface area contributed by atoms with E-state index < -0.39 is 0 Å². The molecule has 1 aromatic heterocycles. The fraction of sp³-hybridized carbons (Fsp3) is 0.440. The summed E-state index contributed by atoms with van der Waals surface area (Å²) in [6.45, 7) is 4.97. The second kappa shape index (κ2) is 11.7. The normalized spacial score (nSPS) is 11.0. The van der Waals surface area contributed by atoms with Crippen LogP contribution in [-0.4, -0.2) is 16.8 Å². The maximum absolute atomic E-state index is 5.51. The van der Waals surface area contributed by atoms with Crippen LogP contribution in [-0.2, 0) is 19.3 Å². The molecule has 154 valence electrons. The van der Waals surface area contributed by atoms with Gasteiger partial charge in [0.15, 0.2) is 0 Å². The Hall–Kier alpha value is -2.20. The fourth-order valence-electron chi connectivity index (χ4n) is 3.37. The van der Waals surface area contributed by atoms with Crippen molar-refractivity contribution in [3.8, 4) is 16.3 Å². The first-order chi connectivity index (χ1) is 14.3. The van der Waals surface area contributed by atoms with Gasteiger partial charge in [-0.3, -0.25) is 0 Å². The number of benzene rings is 2. The highest BCUT2D eigenvalue weighted by Crippen LogP contribution is 2.25. The summed E-state index contributed by atoms with van der Waals surface area (Å²) < 4.78 is 5.51. The van der Waals surface area contributed by atoms with Crippen LogP contribution in [0.3, 0.4) is 0 Å². The highest BCUT2D eigenvalue weighted by molar-refractivity contribution is 7.14. The Morgan fingerprint density at radius 2 is 1.38 bits per heavy atom. The lowest BCUT2D eigenvalue weighted by atomic mass is 10.0. The van der Waals surface area contributed by atoms with Gasteiger partial charge in [-0.2, -0.15) is 0 Å². The smallest absolute Gasteiger partial charge is 0.147 e. The summed E-state index contributed by atoms with van der Waals surface area (Å²) in [4.78, 5) is 0. The Labute approximate surface area is 179 Å². The molecule has 0 aliphatic carbocycles. The molecule has 3 nitrogen and oxygen atoms in total. The molecule has 0 unspecified atom stereocenters. The predicted molar refractivity (Wildman–Crippen MR) is 123 cm³/mol. The van der Waals surface area contributed by atoms with Crippen LogP contribution in [0.5, 0.6) is 5.75 Å². The quantitative estimate of drug-likeness (QED) is 0.306. The summed E-state index contributed by atoms with van der Waals surface area (Å²) in [5, 5.41) is 11.0. The molecule has 0 spiro atoms. The van der Waals surface area contributed by atoms with Crippen molar-refractivity contribution in [1.82, 2.24) is 10.2 Å². The van der Waals surface area contributed by atoms with Crippen molar-refractivity contribution >= 4 is 11.3 Å². The first-order valence-electron chi connectivity index (χ1n) is 10.9. The molecule has 4 heteroatoms. The van der Waals surface area contributed by atoms with Gasteiger partial charge in [0.25, 0.3) is 0 Å². The molecule has 0 aliphatic rings. The van der Waals surface area contributed by atoms with Gasteiger partial charge in [-0.1, -0.05) is 80.3 Å². The van der Waals surface area contributed by atoms with Gasteiger partial charge in [0.1, 0.15) is 15.8 Å². The van der Waals surface area contributed by atoms with Crippen molar-refractivity contribution in [2.45, 2.75) is 65.2 Å². The number of hydrogen-bond donors (Lipinski definition) is 0. The molecule has 3 rings (SSSR count). The van der Waals surface area contributed by atoms with Gasteiger partial charge in [0, 0.05) is 12.0 Å². The SMILES string of the molecule is CCCCCCCc1nnc(-c2ccc(CCc3ccc(OCC)cc3)cc2)s1. The van der Waals surface area contributed by atoms with Gasteiger partial charge in [-0.05, 0) is 49.4 Å². The van der Waals surface area contributed by atoms with Crippen LogP contribution >= 0.6 is 11.3 Å². The molecule has 0 N–H and O–H groups in total. The molecule has 3 aromatic rings. The van der Waals surface area contributed by atoms with Gasteiger partial charge in [0.05, 0.1) is 6.61 Å². The van der Waals surface area contributed by atoms with Crippen molar-refractivity contribution in [1.29, 1.82) is 0 Å². The monoisotopic (exact) mass is 408 g/mol. The van der Waals surface area contributed by atoms with Crippen molar-refractivity contribution < 1.29 is 4.74 Å². The van der Waals surface area contributed by atoms with E-state index in [-0.39, 0.29) is 0 Å². The zero-order valence-electron chi connectivity index (χ0n) is 17.7. The molecule has 0 aliphatic heterocycles. The average Bonchev–Trinajstić information content (AvgIpc) is 3.23. The van der Waals surface area contributed by atoms with Crippen LogP contribution in [0.1, 0.15) is 62.1 Å². The summed E-state index contributed by atoms with van der Waals surface area (Å²) in [5.41, 5.74) is 3.86. The summed E-state index contributed by atoms with van der Waals surface area (Å²) in [6, 6.07) is 17.2. The summed E-state index contributed by atoms with van der Waals surface area (Å²) in [5.74, 6) is 0.943. The summed E-state index contributed by atoms with van der Waals surface area (Å²) >= 11 is 1.74. The third-order valence-corrected chi connectivity index (χ3v) is 6.13. The highest BCUT2D eigenvalue weighted by Gasteiger charge is 2.07. The molecular formula is C25H32N2OS. The van der Waals surface area contributed by atoms with E-state index in [1.807, 2.05) is 6.92 Å². The minimum Gasteiger partial charge on any atom is -0.494 e. The van der Waals surface area contributed by atoms with E-state index in [4.69, 9.17) is 4.74 Å². The third-order valence-electron chi connectivity index (χ3n) is 5.10. The van der Waals surface area contributed by atoms with Gasteiger partial charge < -0.3 is 4.74 Å². The Morgan fingerprint density at radius 1 is 0.724 bits per heavy atom. The van der Waals surface area contributed by atoms with Gasteiger partial charge in [0.2, 0.25) is 0 Å². The van der Waals surface area contributed by atoms with Gasteiger partial charge >= 0.3 is 0 Å². The number of ether oxygens (including phenoxy) is 1. The highest BCUT2D eigenvalue weighted by atomic mass is 32.1. The van der Waals surface area contributed by atoms with Crippen molar-refractivity contribution in [3.63, 3.8) is 0 Å². The predicted octanol–water partition coefficient (Wildman–Crippen LogP) is 6.90. The standard InChI is InChI=1S/C25H32N2OS/c1-3-5-6-7-8-9-24-26-27-25(29-24)22-16-12-20(13-17-22)10-11-21-14-18-23(19-15-21)28-4-2/h12-19H,3-11H2,1-2H3. The molecule has 0 atom stereocenters. The fourth-order valence-corrected chi connectivity index (χ4v) is 4.26. The Kier molecular flexibility index (Phi) is 8.69. The minimum atomic E-state index is 0.709. The van der Waals surface area contributed by atoms with Crippen molar-refractivity contribution in [2.75, 3.05) is 6.61 Å². The molecule has 0 bridgehead atoms. The van der Waals surface area contributed by atoms with Crippen molar-refractivity contribution in [3.05, 3.63) is 64.7 Å². The van der Waals surface area contributed by atoms with Crippen molar-refractivity contribution in [2.24, 2.45) is 0 Å². The lowest BCUT2D eigenvalue weighted by Gasteiger charge is -2.06. The van der Waals surface area contributed by atoms with E-state index in [1.165, 1.54) is 48.8 Å². The number of unbranched alkanes of at least 4 members (excludes halogenated alkanes) is 4. The summed E-state index contributed by atoms with van der Waals surface area (Å²) in [6.07, 6.45) is 9.61. The third kappa shape index (κ3) is 6.97. The zero-order valence-corrected chi connectivity index (χ0v) is 18.5. The first-order valence-corrected chi connectivity index (χ1v) is 11.7. The molecular weight excluding hydrogens is 376 g/mol. The molecule has 29 heavy (non-hydrogen) atoms. The molecule has 0 fully saturated rings. The van der Waals surface area contributed by atoms with E-state index in [2.05, 4.69) is 65.7 Å². The van der Waals surface area contributed by atoms with E-state index in [0.717, 1.165) is 35.0 Å². The van der Waals surface area contributed by atoms with Crippen LogP contribution < -0.4 is 4.74 Å². The number of aromatic nitrogens is 2. The Bertz CT molecular complexity index is 840. The molecule has 1 heterocycles. The van der Waals surface area contributed by atoms with E-state index in [0.29, 0.717) is 6.61 Å². The maximum Gasteiger partial charge on any atom is 0.147 e. The zero-order chi connectivity index (χ0) is 20.3. The topological polar surface area (TPSA) is 35.0 Å². The molecule has 2 aromatic carbocycles. The molecule has 0 saturated carbocycles. The summed E-state index contributed by atoms with van der Waals surface area (Å²) in [7, 11) is 0. The second-order valence-corrected chi connectivity index (χ2v) is 8.50. The minimum absolute atomic E-state index is 0.709. The number of hydrogen-bond acceptors (Lipinski definition) is 4. The van der Waals surface area contributed by atoms with Crippen LogP contribution in [0, 0.1) is 0 Å². The van der Waals surface area contributed by atoms with Crippen LogP contribution in [0.15, 0.2) is 48.5 Å². The molecule has 0 amide bonds. The second-order valence-electron chi connectivity index (χ2n) is 7.44. The lowest BCUT2D eigenvalue weighted by Crippen LogP contribution is -1.94. The lowest BCUT2D eigenvalue weighted by molar-refractivity contribution is 0.340. The largest absolute Gasteiger partial charge is 0.494 e. The molecule has 0 saturated heterocycles. The molecule has 0 radical (unpaired) electrons. The van der Waals surface area contributed by atoms with E-state index in [1.54, 1.807) is 11.3 Å². The van der Waals surface area contributed by atoms with Gasteiger partial charge in [-0.15, -0.1) is 10.2 Å². The maximum atomic E-state index is 5.51. The number of aryl methyl sites for hydroxylation is 3. The Balaban J connectivity index is 1.48. The average molecular weight is 409 g/mol. The number of rotatable bonds is 12. The van der Waals surface area contributed by atoms with E-state index in [9.17, 15) is 0 Å². The Morgan fingerprint density at radius 3 is 2.03 bits per heavy atom.